The Morgan fingerprint density at radius 3 is 2.24 bits per heavy atom. The molecule has 1 aliphatic rings. The number of rotatable bonds is 4. The molecule has 0 amide bonds. The van der Waals surface area contributed by atoms with Gasteiger partial charge in [-0.2, -0.15) is 5.26 Å². The molecule has 0 aromatic heterocycles. The van der Waals surface area contributed by atoms with Gasteiger partial charge in [0.1, 0.15) is 0 Å². The molecule has 25 heavy (non-hydrogen) atoms. The summed E-state index contributed by atoms with van der Waals surface area (Å²) in [6, 6.07) is 22.2. The lowest BCUT2D eigenvalue weighted by Crippen LogP contribution is -2.50. The van der Waals surface area contributed by atoms with E-state index < -0.39 is 0 Å². The molecule has 2 heteroatoms. The summed E-state index contributed by atoms with van der Waals surface area (Å²) in [7, 11) is 0. The second kappa shape index (κ2) is 7.74. The number of para-hydroxylation sites is 1. The molecule has 0 radical (unpaired) electrons. The number of piperidine rings is 1. The highest BCUT2D eigenvalue weighted by Crippen LogP contribution is 2.45. The Morgan fingerprint density at radius 2 is 1.68 bits per heavy atom. The molecular formula is C23H28N2. The summed E-state index contributed by atoms with van der Waals surface area (Å²) in [4.78, 5) is 2.66. The van der Waals surface area contributed by atoms with Crippen LogP contribution in [0, 0.1) is 23.2 Å². The molecule has 0 N–H and O–H groups in total. The average Bonchev–Trinajstić information content (AvgIpc) is 2.67. The van der Waals surface area contributed by atoms with E-state index >= 15 is 0 Å². The van der Waals surface area contributed by atoms with E-state index in [4.69, 9.17) is 5.26 Å². The fraction of sp³-hybridized carbons (Fsp3) is 0.435. The molecule has 0 bridgehead atoms. The highest BCUT2D eigenvalue weighted by Gasteiger charge is 2.40. The monoisotopic (exact) mass is 332 g/mol. The summed E-state index contributed by atoms with van der Waals surface area (Å²) in [5.41, 5.74) is 3.37. The minimum absolute atomic E-state index is 0.364. The van der Waals surface area contributed by atoms with E-state index in [0.717, 1.165) is 17.9 Å². The second-order valence-corrected chi connectivity index (χ2v) is 7.28. The molecule has 1 saturated heterocycles. The average molecular weight is 332 g/mol. The van der Waals surface area contributed by atoms with Gasteiger partial charge in [-0.25, -0.2) is 0 Å². The molecule has 0 saturated carbocycles. The van der Waals surface area contributed by atoms with Crippen LogP contribution in [-0.4, -0.2) is 6.04 Å². The van der Waals surface area contributed by atoms with Gasteiger partial charge in [-0.15, -0.1) is 0 Å². The van der Waals surface area contributed by atoms with Gasteiger partial charge in [0.15, 0.2) is 0 Å². The lowest BCUT2D eigenvalue weighted by atomic mass is 9.74. The lowest BCUT2D eigenvalue weighted by molar-refractivity contribution is 0.205. The first kappa shape index (κ1) is 17.5. The molecule has 2 aromatic rings. The Bertz CT molecular complexity index is 714. The molecule has 1 heterocycles. The van der Waals surface area contributed by atoms with Crippen LogP contribution in [0.5, 0.6) is 0 Å². The van der Waals surface area contributed by atoms with Crippen molar-refractivity contribution in [1.29, 1.82) is 5.26 Å². The van der Waals surface area contributed by atoms with E-state index in [9.17, 15) is 0 Å². The third kappa shape index (κ3) is 3.42. The Labute approximate surface area is 152 Å². The maximum absolute atomic E-state index is 9.11. The normalized spacial score (nSPS) is 26.2. The van der Waals surface area contributed by atoms with Gasteiger partial charge in [0.25, 0.3) is 0 Å². The minimum Gasteiger partial charge on any atom is -0.361 e. The van der Waals surface area contributed by atoms with Crippen LogP contribution in [0.1, 0.15) is 57.2 Å². The summed E-state index contributed by atoms with van der Waals surface area (Å²) in [5, 5.41) is 9.11. The maximum Gasteiger partial charge on any atom is 0.0991 e. The molecule has 0 aliphatic carbocycles. The smallest absolute Gasteiger partial charge is 0.0991 e. The van der Waals surface area contributed by atoms with Gasteiger partial charge in [0.05, 0.1) is 17.7 Å². The number of hydrogen-bond acceptors (Lipinski definition) is 2. The number of hydrogen-bond donors (Lipinski definition) is 0. The van der Waals surface area contributed by atoms with Crippen molar-refractivity contribution in [2.45, 2.75) is 52.1 Å². The molecule has 0 unspecified atom stereocenters. The SMILES string of the molecule is CC[C@@H]1C[C@H](C)[C@@H](c2ccc(C#N)cc2)N(c2ccccc2)[C@@H]1CC. The predicted molar refractivity (Wildman–Crippen MR) is 104 cm³/mol. The summed E-state index contributed by atoms with van der Waals surface area (Å²) in [5.74, 6) is 1.32. The van der Waals surface area contributed by atoms with Gasteiger partial charge in [0.2, 0.25) is 0 Å². The van der Waals surface area contributed by atoms with Gasteiger partial charge in [0, 0.05) is 11.7 Å². The van der Waals surface area contributed by atoms with Crippen LogP contribution in [0.4, 0.5) is 5.69 Å². The number of anilines is 1. The zero-order valence-corrected chi connectivity index (χ0v) is 15.5. The van der Waals surface area contributed by atoms with Crippen LogP contribution in [-0.2, 0) is 0 Å². The molecule has 2 nitrogen and oxygen atoms in total. The number of benzene rings is 2. The van der Waals surface area contributed by atoms with Crippen molar-refractivity contribution in [3.63, 3.8) is 0 Å². The summed E-state index contributed by atoms with van der Waals surface area (Å²) >= 11 is 0. The largest absolute Gasteiger partial charge is 0.361 e. The van der Waals surface area contributed by atoms with Crippen LogP contribution < -0.4 is 4.90 Å². The summed E-state index contributed by atoms with van der Waals surface area (Å²) < 4.78 is 0. The van der Waals surface area contributed by atoms with Gasteiger partial charge >= 0.3 is 0 Å². The predicted octanol–water partition coefficient (Wildman–Crippen LogP) is 5.95. The van der Waals surface area contributed by atoms with Crippen molar-refractivity contribution < 1.29 is 0 Å². The van der Waals surface area contributed by atoms with Crippen LogP contribution in [0.3, 0.4) is 0 Å². The number of nitriles is 1. The third-order valence-corrected chi connectivity index (χ3v) is 5.79. The van der Waals surface area contributed by atoms with Crippen molar-refractivity contribution in [3.05, 3.63) is 65.7 Å². The lowest BCUT2D eigenvalue weighted by Gasteiger charge is -2.51. The Kier molecular flexibility index (Phi) is 5.43. The third-order valence-electron chi connectivity index (χ3n) is 5.79. The molecule has 1 fully saturated rings. The molecular weight excluding hydrogens is 304 g/mol. The first-order chi connectivity index (χ1) is 12.2. The molecule has 130 valence electrons. The molecule has 0 spiro atoms. The van der Waals surface area contributed by atoms with Crippen molar-refractivity contribution in [3.8, 4) is 6.07 Å². The summed E-state index contributed by atoms with van der Waals surface area (Å²) in [6.45, 7) is 7.02. The quantitative estimate of drug-likeness (QED) is 0.691. The fourth-order valence-corrected chi connectivity index (χ4v) is 4.64. The van der Waals surface area contributed by atoms with Crippen molar-refractivity contribution in [2.24, 2.45) is 11.8 Å². The topological polar surface area (TPSA) is 27.0 Å². The zero-order chi connectivity index (χ0) is 17.8. The van der Waals surface area contributed by atoms with Crippen LogP contribution in [0.25, 0.3) is 0 Å². The maximum atomic E-state index is 9.11. The zero-order valence-electron chi connectivity index (χ0n) is 15.5. The van der Waals surface area contributed by atoms with Crippen molar-refractivity contribution in [2.75, 3.05) is 4.90 Å². The van der Waals surface area contributed by atoms with Crippen molar-refractivity contribution in [1.82, 2.24) is 0 Å². The van der Waals surface area contributed by atoms with E-state index in [1.165, 1.54) is 24.1 Å². The Hall–Kier alpha value is -2.27. The van der Waals surface area contributed by atoms with Crippen LogP contribution >= 0.6 is 0 Å². The van der Waals surface area contributed by atoms with Gasteiger partial charge in [-0.1, -0.05) is 57.5 Å². The van der Waals surface area contributed by atoms with E-state index in [-0.39, 0.29) is 0 Å². The number of nitrogens with zero attached hydrogens (tertiary/aromatic N) is 2. The van der Waals surface area contributed by atoms with Gasteiger partial charge < -0.3 is 4.90 Å². The second-order valence-electron chi connectivity index (χ2n) is 7.28. The van der Waals surface area contributed by atoms with Gasteiger partial charge in [-0.3, -0.25) is 0 Å². The highest BCUT2D eigenvalue weighted by molar-refractivity contribution is 5.51. The fourth-order valence-electron chi connectivity index (χ4n) is 4.64. The Balaban J connectivity index is 2.07. The van der Waals surface area contributed by atoms with E-state index in [1.54, 1.807) is 0 Å². The van der Waals surface area contributed by atoms with Crippen molar-refractivity contribution >= 4 is 5.69 Å². The van der Waals surface area contributed by atoms with E-state index in [2.05, 4.69) is 74.2 Å². The highest BCUT2D eigenvalue weighted by atomic mass is 15.2. The molecule has 4 atom stereocenters. The molecule has 2 aromatic carbocycles. The van der Waals surface area contributed by atoms with Crippen LogP contribution in [0.2, 0.25) is 0 Å². The first-order valence-corrected chi connectivity index (χ1v) is 9.53. The Morgan fingerprint density at radius 1 is 1.00 bits per heavy atom. The minimum atomic E-state index is 0.364. The summed E-state index contributed by atoms with van der Waals surface area (Å²) in [6.07, 6.45) is 3.65. The van der Waals surface area contributed by atoms with E-state index in [0.29, 0.717) is 18.0 Å². The van der Waals surface area contributed by atoms with Crippen LogP contribution in [0.15, 0.2) is 54.6 Å². The molecule has 1 aliphatic heterocycles. The standard InChI is InChI=1S/C23H28N2/c1-4-19-15-17(3)23(20-13-11-18(16-24)12-14-20)25(22(19)5-2)21-9-7-6-8-10-21/h6-14,17,19,22-23H,4-5,15H2,1-3H3/t17-,19+,22+,23-/m0/s1. The van der Waals surface area contributed by atoms with Gasteiger partial charge in [-0.05, 0) is 54.5 Å². The van der Waals surface area contributed by atoms with E-state index in [1.807, 2.05) is 12.1 Å². The molecule has 3 rings (SSSR count). The first-order valence-electron chi connectivity index (χ1n) is 9.53.